The van der Waals surface area contributed by atoms with Gasteiger partial charge in [-0.1, -0.05) is 13.3 Å². The molecule has 1 atom stereocenters. The topological polar surface area (TPSA) is 109 Å². The number of ether oxygens (including phenoxy) is 1. The molecule has 2 aromatic rings. The van der Waals surface area contributed by atoms with Gasteiger partial charge >= 0.3 is 5.63 Å². The van der Waals surface area contributed by atoms with Crippen molar-refractivity contribution >= 4 is 22.8 Å². The van der Waals surface area contributed by atoms with Crippen molar-refractivity contribution in [1.82, 2.24) is 5.32 Å². The van der Waals surface area contributed by atoms with E-state index in [0.29, 0.717) is 30.7 Å². The number of amides is 1. The highest BCUT2D eigenvalue weighted by Gasteiger charge is 2.24. The SMILES string of the molecule is CCCCc1cc(=O)oc2cc(C)cc(O[C@H](C)C(=O)NCC3CCC(C(=O)[O-])CC3)c12. The van der Waals surface area contributed by atoms with Gasteiger partial charge in [0, 0.05) is 18.6 Å². The third-order valence-corrected chi connectivity index (χ3v) is 6.25. The summed E-state index contributed by atoms with van der Waals surface area (Å²) in [5.41, 5.74) is 1.82. The van der Waals surface area contributed by atoms with E-state index in [9.17, 15) is 19.5 Å². The molecule has 1 heterocycles. The summed E-state index contributed by atoms with van der Waals surface area (Å²) in [6.45, 7) is 6.17. The smallest absolute Gasteiger partial charge is 0.336 e. The average molecular weight is 443 g/mol. The monoisotopic (exact) mass is 442 g/mol. The van der Waals surface area contributed by atoms with Gasteiger partial charge in [-0.05, 0) is 87.5 Å². The van der Waals surface area contributed by atoms with Crippen LogP contribution in [0.15, 0.2) is 27.4 Å². The molecule has 32 heavy (non-hydrogen) atoms. The molecule has 0 aliphatic heterocycles. The van der Waals surface area contributed by atoms with Gasteiger partial charge in [-0.25, -0.2) is 4.79 Å². The number of benzene rings is 1. The minimum Gasteiger partial charge on any atom is -0.550 e. The van der Waals surface area contributed by atoms with Crippen LogP contribution in [-0.2, 0) is 16.0 Å². The molecule has 3 rings (SSSR count). The van der Waals surface area contributed by atoms with Crippen molar-refractivity contribution < 1.29 is 23.8 Å². The van der Waals surface area contributed by atoms with E-state index in [2.05, 4.69) is 12.2 Å². The van der Waals surface area contributed by atoms with Crippen LogP contribution in [0, 0.1) is 18.8 Å². The molecular formula is C25H32NO6-. The van der Waals surface area contributed by atoms with E-state index in [-0.39, 0.29) is 23.4 Å². The lowest BCUT2D eigenvalue weighted by Gasteiger charge is -2.29. The zero-order chi connectivity index (χ0) is 23.3. The van der Waals surface area contributed by atoms with E-state index < -0.39 is 12.1 Å². The number of carboxylic acid groups (broad SMARTS) is 1. The van der Waals surface area contributed by atoms with Crippen LogP contribution in [-0.4, -0.2) is 24.5 Å². The van der Waals surface area contributed by atoms with Crippen LogP contribution in [0.2, 0.25) is 0 Å². The molecule has 7 nitrogen and oxygen atoms in total. The number of nitrogens with one attached hydrogen (secondary N) is 1. The Morgan fingerprint density at radius 2 is 1.94 bits per heavy atom. The number of hydrogen-bond acceptors (Lipinski definition) is 6. The summed E-state index contributed by atoms with van der Waals surface area (Å²) in [4.78, 5) is 35.7. The van der Waals surface area contributed by atoms with Crippen molar-refractivity contribution in [3.8, 4) is 5.75 Å². The molecule has 0 unspecified atom stereocenters. The molecule has 1 amide bonds. The van der Waals surface area contributed by atoms with E-state index in [1.807, 2.05) is 19.1 Å². The number of aryl methyl sites for hydroxylation is 2. The van der Waals surface area contributed by atoms with Crippen molar-refractivity contribution in [2.24, 2.45) is 11.8 Å². The van der Waals surface area contributed by atoms with E-state index in [1.54, 1.807) is 6.92 Å². The lowest BCUT2D eigenvalue weighted by atomic mass is 9.82. The highest BCUT2D eigenvalue weighted by Crippen LogP contribution is 2.32. The molecule has 0 saturated heterocycles. The summed E-state index contributed by atoms with van der Waals surface area (Å²) in [5, 5.41) is 14.7. The summed E-state index contributed by atoms with van der Waals surface area (Å²) in [7, 11) is 0. The van der Waals surface area contributed by atoms with Crippen LogP contribution in [0.5, 0.6) is 5.75 Å². The number of fused-ring (bicyclic) bond motifs is 1. The molecule has 1 aliphatic rings. The lowest BCUT2D eigenvalue weighted by Crippen LogP contribution is -2.40. The maximum atomic E-state index is 12.7. The maximum Gasteiger partial charge on any atom is 0.336 e. The number of carbonyl (C=O) groups excluding carboxylic acids is 2. The molecule has 0 bridgehead atoms. The van der Waals surface area contributed by atoms with Crippen molar-refractivity contribution in [3.63, 3.8) is 0 Å². The fraction of sp³-hybridized carbons (Fsp3) is 0.560. The van der Waals surface area contributed by atoms with Gasteiger partial charge in [-0.15, -0.1) is 0 Å². The normalized spacial score (nSPS) is 19.5. The Morgan fingerprint density at radius 3 is 2.59 bits per heavy atom. The average Bonchev–Trinajstić information content (AvgIpc) is 2.75. The number of hydrogen-bond donors (Lipinski definition) is 1. The van der Waals surface area contributed by atoms with Gasteiger partial charge < -0.3 is 24.4 Å². The first kappa shape index (κ1) is 23.8. The van der Waals surface area contributed by atoms with Crippen LogP contribution in [0.3, 0.4) is 0 Å². The second-order valence-corrected chi connectivity index (χ2v) is 8.87. The minimum absolute atomic E-state index is 0.228. The second-order valence-electron chi connectivity index (χ2n) is 8.87. The van der Waals surface area contributed by atoms with E-state index in [4.69, 9.17) is 9.15 Å². The Labute approximate surface area is 188 Å². The fourth-order valence-corrected chi connectivity index (χ4v) is 4.36. The molecular weight excluding hydrogens is 410 g/mol. The van der Waals surface area contributed by atoms with Crippen molar-refractivity contribution in [1.29, 1.82) is 0 Å². The van der Waals surface area contributed by atoms with E-state index in [0.717, 1.165) is 48.6 Å². The van der Waals surface area contributed by atoms with Gasteiger partial charge in [0.25, 0.3) is 5.91 Å². The van der Waals surface area contributed by atoms with Crippen LogP contribution >= 0.6 is 0 Å². The van der Waals surface area contributed by atoms with E-state index in [1.165, 1.54) is 6.07 Å². The van der Waals surface area contributed by atoms with Gasteiger partial charge in [0.2, 0.25) is 0 Å². The standard InChI is InChI=1S/C25H33NO6/c1-4-5-6-19-13-22(27)32-21-12-15(2)11-20(23(19)21)31-16(3)24(28)26-14-17-7-9-18(10-8-17)25(29)30/h11-13,16-18H,4-10,14H2,1-3H3,(H,26,28)(H,29,30)/p-1/t16-,17?,18?/m1/s1. The van der Waals surface area contributed by atoms with Gasteiger partial charge in [0.15, 0.2) is 6.10 Å². The lowest BCUT2D eigenvalue weighted by molar-refractivity contribution is -0.312. The predicted molar refractivity (Wildman–Crippen MR) is 119 cm³/mol. The van der Waals surface area contributed by atoms with Crippen LogP contribution in [0.4, 0.5) is 0 Å². The maximum absolute atomic E-state index is 12.7. The minimum atomic E-state index is -0.978. The van der Waals surface area contributed by atoms with Crippen molar-refractivity contribution in [3.05, 3.63) is 39.7 Å². The molecule has 1 aromatic carbocycles. The first-order valence-corrected chi connectivity index (χ1v) is 11.5. The van der Waals surface area contributed by atoms with Crippen LogP contribution < -0.4 is 20.8 Å². The van der Waals surface area contributed by atoms with E-state index >= 15 is 0 Å². The summed E-state index contributed by atoms with van der Waals surface area (Å²) in [6, 6.07) is 5.18. The number of carbonyl (C=O) groups is 2. The number of carboxylic acids is 1. The number of unbranched alkanes of at least 4 members (excludes halogenated alkanes) is 1. The van der Waals surface area contributed by atoms with Crippen molar-refractivity contribution in [2.75, 3.05) is 6.54 Å². The number of aliphatic carboxylic acids is 1. The molecule has 0 spiro atoms. The highest BCUT2D eigenvalue weighted by molar-refractivity contribution is 5.88. The van der Waals surface area contributed by atoms with Gasteiger partial charge in [-0.3, -0.25) is 4.79 Å². The quantitative estimate of drug-likeness (QED) is 0.598. The van der Waals surface area contributed by atoms with Crippen LogP contribution in [0.1, 0.15) is 63.5 Å². The highest BCUT2D eigenvalue weighted by atomic mass is 16.5. The largest absolute Gasteiger partial charge is 0.550 e. The van der Waals surface area contributed by atoms with Gasteiger partial charge in [-0.2, -0.15) is 0 Å². The predicted octanol–water partition coefficient (Wildman–Crippen LogP) is 2.88. The molecule has 7 heteroatoms. The first-order chi connectivity index (χ1) is 15.3. The Kier molecular flexibility index (Phi) is 7.94. The molecule has 1 N–H and O–H groups in total. The fourth-order valence-electron chi connectivity index (χ4n) is 4.36. The van der Waals surface area contributed by atoms with Crippen molar-refractivity contribution in [2.45, 2.75) is 71.8 Å². The Morgan fingerprint density at radius 1 is 1.22 bits per heavy atom. The molecule has 174 valence electrons. The Bertz CT molecular complexity index is 1020. The first-order valence-electron chi connectivity index (χ1n) is 11.5. The molecule has 1 saturated carbocycles. The third kappa shape index (κ3) is 5.90. The Balaban J connectivity index is 1.69. The van der Waals surface area contributed by atoms with Crippen LogP contribution in [0.25, 0.3) is 11.0 Å². The summed E-state index contributed by atoms with van der Waals surface area (Å²) in [5.74, 6) is -0.785. The molecule has 1 aromatic heterocycles. The van der Waals surface area contributed by atoms with Gasteiger partial charge in [0.05, 0.1) is 5.39 Å². The number of rotatable bonds is 9. The molecule has 1 fully saturated rings. The molecule has 1 aliphatic carbocycles. The summed E-state index contributed by atoms with van der Waals surface area (Å²) < 4.78 is 11.5. The Hall–Kier alpha value is -2.83. The zero-order valence-corrected chi connectivity index (χ0v) is 19.1. The van der Waals surface area contributed by atoms with Gasteiger partial charge in [0.1, 0.15) is 11.3 Å². The second kappa shape index (κ2) is 10.7. The molecule has 0 radical (unpaired) electrons. The summed E-state index contributed by atoms with van der Waals surface area (Å²) in [6.07, 6.45) is 4.63. The zero-order valence-electron chi connectivity index (χ0n) is 19.1. The summed E-state index contributed by atoms with van der Waals surface area (Å²) >= 11 is 0. The third-order valence-electron chi connectivity index (χ3n) is 6.25.